The van der Waals surface area contributed by atoms with E-state index in [0.717, 1.165) is 22.6 Å². The predicted molar refractivity (Wildman–Crippen MR) is 191 cm³/mol. The normalized spacial score (nSPS) is 13.7. The summed E-state index contributed by atoms with van der Waals surface area (Å²) in [5.74, 6) is -0.565. The summed E-state index contributed by atoms with van der Waals surface area (Å²) >= 11 is 0. The van der Waals surface area contributed by atoms with Crippen LogP contribution in [0.3, 0.4) is 0 Å². The third kappa shape index (κ3) is 10.5. The Balaban J connectivity index is 0.00000325. The van der Waals surface area contributed by atoms with Crippen molar-refractivity contribution >= 4 is 67.6 Å². The summed E-state index contributed by atoms with van der Waals surface area (Å²) in [5, 5.41) is 32.8. The van der Waals surface area contributed by atoms with Gasteiger partial charge < -0.3 is 19.3 Å². The molecule has 0 bridgehead atoms. The van der Waals surface area contributed by atoms with Crippen molar-refractivity contribution in [3.8, 4) is 0 Å². The first kappa shape index (κ1) is 42.0. The molecule has 0 saturated carbocycles. The van der Waals surface area contributed by atoms with Gasteiger partial charge in [-0.3, -0.25) is 10.9 Å². The Morgan fingerprint density at radius 1 is 0.611 bits per heavy atom. The minimum absolute atomic E-state index is 0. The van der Waals surface area contributed by atoms with E-state index in [1.54, 1.807) is 60.7 Å². The van der Waals surface area contributed by atoms with E-state index in [1.807, 2.05) is 0 Å². The van der Waals surface area contributed by atoms with E-state index >= 15 is 0 Å². The van der Waals surface area contributed by atoms with Crippen molar-refractivity contribution in [2.75, 3.05) is 21.1 Å². The second-order valence-electron chi connectivity index (χ2n) is 10.7. The molecule has 0 aliphatic carbocycles. The van der Waals surface area contributed by atoms with E-state index in [-0.39, 0.29) is 93.4 Å². The zero-order valence-electron chi connectivity index (χ0n) is 28.5. The third-order valence-corrected chi connectivity index (χ3v) is 8.89. The summed E-state index contributed by atoms with van der Waals surface area (Å²) in [6, 6.07) is 25.0. The minimum Gasteiger partial charge on any atom is -0.744 e. The fraction of sp³-hybridized carbons (Fsp3) is 0. The van der Waals surface area contributed by atoms with E-state index in [4.69, 9.17) is 0 Å². The average Bonchev–Trinajstić information content (AvgIpc) is 3.12. The Morgan fingerprint density at radius 2 is 0.981 bits per heavy atom. The molecule has 0 atom stereocenters. The van der Waals surface area contributed by atoms with Gasteiger partial charge in [0.2, 0.25) is 11.8 Å². The SMILES string of the molecule is O=S(=O)([O-])c1cc(N(Nc2ccccc2)N2N=CC=C(O)N2)ccc1C=Cc1ccc(N(Nc2ccccc2)N2N=CC=C(O)N2)cc1S(=O)(=O)[O-].[Na+].[Na+]. The number of allylic oxidation sites excluding steroid dienone is 2. The van der Waals surface area contributed by atoms with Gasteiger partial charge in [0.05, 0.1) is 45.0 Å². The Kier molecular flexibility index (Phi) is 14.0. The summed E-state index contributed by atoms with van der Waals surface area (Å²) in [6.45, 7) is 0. The van der Waals surface area contributed by atoms with Gasteiger partial charge in [-0.1, -0.05) is 71.1 Å². The molecule has 2 heterocycles. The fourth-order valence-electron chi connectivity index (χ4n) is 4.78. The van der Waals surface area contributed by atoms with Crippen molar-refractivity contribution in [1.29, 1.82) is 0 Å². The van der Waals surface area contributed by atoms with Crippen LogP contribution in [-0.2, 0) is 20.2 Å². The number of rotatable bonds is 12. The number of nitrogens with zero attached hydrogens (tertiary/aromatic N) is 6. The van der Waals surface area contributed by atoms with Crippen molar-refractivity contribution in [2.24, 2.45) is 10.2 Å². The van der Waals surface area contributed by atoms with E-state index in [9.17, 15) is 36.2 Å². The Bertz CT molecular complexity index is 2170. The molecule has 0 unspecified atom stereocenters. The maximum atomic E-state index is 12.6. The monoisotopic (exact) mass is 790 g/mol. The van der Waals surface area contributed by atoms with Crippen LogP contribution in [0.25, 0.3) is 12.2 Å². The first-order valence-electron chi connectivity index (χ1n) is 15.0. The molecule has 4 aromatic rings. The van der Waals surface area contributed by atoms with Crippen LogP contribution in [0, 0.1) is 0 Å². The molecule has 54 heavy (non-hydrogen) atoms. The van der Waals surface area contributed by atoms with Crippen LogP contribution in [0.5, 0.6) is 0 Å². The van der Waals surface area contributed by atoms with Crippen molar-refractivity contribution < 1.29 is 95.3 Å². The van der Waals surface area contributed by atoms with Crippen molar-refractivity contribution in [3.05, 3.63) is 132 Å². The third-order valence-electron chi connectivity index (χ3n) is 7.11. The minimum atomic E-state index is -5.15. The second-order valence-corrected chi connectivity index (χ2v) is 13.4. The Labute approximate surface area is 354 Å². The number of aliphatic hydroxyl groups is 2. The molecule has 0 aromatic heterocycles. The van der Waals surface area contributed by atoms with E-state index in [1.165, 1.54) is 71.2 Å². The molecule has 268 valence electrons. The average molecular weight is 791 g/mol. The van der Waals surface area contributed by atoms with Gasteiger partial charge in [0.25, 0.3) is 0 Å². The number of aliphatic hydroxyl groups excluding tert-OH is 2. The molecule has 4 aromatic carbocycles. The molecule has 0 fully saturated rings. The number of nitrogens with one attached hydrogen (secondary N) is 4. The second kappa shape index (κ2) is 18.1. The maximum absolute atomic E-state index is 12.6. The molecule has 6 rings (SSSR count). The molecule has 0 amide bonds. The summed E-state index contributed by atoms with van der Waals surface area (Å²) < 4.78 is 75.3. The van der Waals surface area contributed by atoms with Crippen molar-refractivity contribution in [3.63, 3.8) is 0 Å². The molecule has 0 radical (unpaired) electrons. The maximum Gasteiger partial charge on any atom is 1.00 e. The summed E-state index contributed by atoms with van der Waals surface area (Å²) in [6.07, 6.45) is 7.46. The molecule has 2 aliphatic rings. The van der Waals surface area contributed by atoms with Crippen LogP contribution in [0.4, 0.5) is 22.7 Å². The van der Waals surface area contributed by atoms with Gasteiger partial charge in [0, 0.05) is 12.2 Å². The number of hydrazone groups is 2. The molecular weight excluding hydrogens is 763 g/mol. The Hall–Kier alpha value is -4.74. The molecule has 6 N–H and O–H groups in total. The largest absolute Gasteiger partial charge is 1.00 e. The zero-order chi connectivity index (χ0) is 36.9. The van der Waals surface area contributed by atoms with Gasteiger partial charge in [0.15, 0.2) is 0 Å². The number of benzene rings is 4. The van der Waals surface area contributed by atoms with E-state index < -0.39 is 30.0 Å². The van der Waals surface area contributed by atoms with Crippen LogP contribution in [0.2, 0.25) is 0 Å². The van der Waals surface area contributed by atoms with Gasteiger partial charge >= 0.3 is 59.1 Å². The smallest absolute Gasteiger partial charge is 0.744 e. The van der Waals surface area contributed by atoms with Gasteiger partial charge in [0.1, 0.15) is 20.2 Å². The first-order chi connectivity index (χ1) is 24.8. The molecule has 18 nitrogen and oxygen atoms in total. The first-order valence-corrected chi connectivity index (χ1v) is 17.8. The van der Waals surface area contributed by atoms with Crippen LogP contribution in [-0.4, -0.2) is 59.0 Å². The number of anilines is 4. The van der Waals surface area contributed by atoms with Crippen molar-refractivity contribution in [2.45, 2.75) is 9.79 Å². The number of hydrogen-bond donors (Lipinski definition) is 6. The summed E-state index contributed by atoms with van der Waals surface area (Å²) in [7, 11) is -10.3. The molecule has 0 spiro atoms. The topological polar surface area (TPSA) is 241 Å². The van der Waals surface area contributed by atoms with Gasteiger partial charge in [-0.25, -0.2) is 27.7 Å². The van der Waals surface area contributed by atoms with Gasteiger partial charge in [-0.05, 0) is 59.7 Å². The molecule has 0 saturated heterocycles. The van der Waals surface area contributed by atoms with Gasteiger partial charge in [-0.2, -0.15) is 10.2 Å². The van der Waals surface area contributed by atoms with E-state index in [2.05, 4.69) is 31.9 Å². The van der Waals surface area contributed by atoms with E-state index in [0.29, 0.717) is 11.4 Å². The summed E-state index contributed by atoms with van der Waals surface area (Å²) in [5.41, 5.74) is 12.1. The Morgan fingerprint density at radius 3 is 1.31 bits per heavy atom. The van der Waals surface area contributed by atoms with Crippen LogP contribution < -0.4 is 91.1 Å². The predicted octanol–water partition coefficient (Wildman–Crippen LogP) is -2.42. The zero-order valence-corrected chi connectivity index (χ0v) is 34.2. The quantitative estimate of drug-likeness (QED) is 0.0379. The molecule has 2 aliphatic heterocycles. The number of hydrogen-bond acceptors (Lipinski definition) is 18. The van der Waals surface area contributed by atoms with Crippen LogP contribution in [0.15, 0.2) is 141 Å². The van der Waals surface area contributed by atoms with Crippen LogP contribution >= 0.6 is 0 Å². The standard InChI is InChI=1S/C32H30N10O8S2.2Na/c43-31-17-19-33-41(37-31)39(35-25-7-3-1-4-8-25)27-15-13-23(29(21-27)51(45,46)47)11-12-24-14-16-28(22-30(24)52(48,49)50)40(36-26-9-5-2-6-10-26)42-34-20-18-32(44)38-42;;/h1-22,35-38,43-44H,(H,45,46,47)(H,48,49,50);;/q;2*+1/p-2. The fourth-order valence-corrected chi connectivity index (χ4v) is 6.16. The van der Waals surface area contributed by atoms with Gasteiger partial charge in [-0.15, -0.1) is 10.2 Å². The van der Waals surface area contributed by atoms with Crippen molar-refractivity contribution in [1.82, 2.24) is 21.3 Å². The number of hydrazine groups is 6. The molecule has 22 heteroatoms. The summed E-state index contributed by atoms with van der Waals surface area (Å²) in [4.78, 5) is -1.38. The number of para-hydroxylation sites is 2. The van der Waals surface area contributed by atoms with Crippen LogP contribution in [0.1, 0.15) is 11.1 Å². The molecular formula is C32H28N10Na2O8S2.